The van der Waals surface area contributed by atoms with Crippen LogP contribution in [-0.4, -0.2) is 5.78 Å². The zero-order valence-corrected chi connectivity index (χ0v) is 7.70. The van der Waals surface area contributed by atoms with Gasteiger partial charge >= 0.3 is 0 Å². The quantitative estimate of drug-likeness (QED) is 0.506. The summed E-state index contributed by atoms with van der Waals surface area (Å²) in [6.07, 6.45) is 3.84. The minimum Gasteiger partial charge on any atom is -0.285 e. The summed E-state index contributed by atoms with van der Waals surface area (Å²) in [5, 5.41) is 0. The number of hydrogen-bond donors (Lipinski definition) is 0. The second kappa shape index (κ2) is 6.82. The van der Waals surface area contributed by atoms with Crippen molar-refractivity contribution in [2.24, 2.45) is 0 Å². The maximum atomic E-state index is 10.7. The van der Waals surface area contributed by atoms with Crippen LogP contribution in [0.4, 0.5) is 0 Å². The van der Waals surface area contributed by atoms with Gasteiger partial charge in [-0.15, -0.1) is 0 Å². The molecule has 0 atom stereocenters. The van der Waals surface area contributed by atoms with Crippen molar-refractivity contribution in [1.29, 1.82) is 0 Å². The average Bonchev–Trinajstić information content (AvgIpc) is 1.89. The van der Waals surface area contributed by atoms with Crippen LogP contribution < -0.4 is 0 Å². The molecule has 0 aliphatic heterocycles. The average molecular weight is 203 g/mol. The molecule has 56 valence electrons. The molecule has 1 nitrogen and oxygen atoms in total. The highest BCUT2D eigenvalue weighted by atomic mass is 79.9. The molecule has 0 N–H and O–H groups in total. The van der Waals surface area contributed by atoms with Crippen molar-refractivity contribution in [2.75, 3.05) is 0 Å². The standard InChI is InChI=1S/C8H11BrO/c1-2-3-4-5-8(10)6-7-9/h2-5H2,1H3. The Labute approximate surface area is 70.3 Å². The second-order valence-electron chi connectivity index (χ2n) is 2.10. The van der Waals surface area contributed by atoms with E-state index in [4.69, 9.17) is 0 Å². The lowest BCUT2D eigenvalue weighted by molar-refractivity contribution is -0.113. The topological polar surface area (TPSA) is 17.1 Å². The van der Waals surface area contributed by atoms with Gasteiger partial charge in [-0.05, 0) is 17.2 Å². The molecular weight excluding hydrogens is 192 g/mol. The zero-order valence-electron chi connectivity index (χ0n) is 6.11. The lowest BCUT2D eigenvalue weighted by Crippen LogP contribution is -1.91. The lowest BCUT2D eigenvalue weighted by atomic mass is 10.1. The van der Waals surface area contributed by atoms with E-state index in [0.29, 0.717) is 6.42 Å². The van der Waals surface area contributed by atoms with Crippen molar-refractivity contribution in [1.82, 2.24) is 0 Å². The van der Waals surface area contributed by atoms with Gasteiger partial charge in [0.05, 0.1) is 0 Å². The summed E-state index contributed by atoms with van der Waals surface area (Å²) in [7, 11) is 0. The fourth-order valence-electron chi connectivity index (χ4n) is 0.651. The van der Waals surface area contributed by atoms with Gasteiger partial charge in [-0.25, -0.2) is 0 Å². The Hall–Kier alpha value is -0.290. The molecule has 0 radical (unpaired) electrons. The van der Waals surface area contributed by atoms with E-state index in [9.17, 15) is 4.79 Å². The lowest BCUT2D eigenvalue weighted by Gasteiger charge is -1.90. The molecule has 0 unspecified atom stereocenters. The highest BCUT2D eigenvalue weighted by Gasteiger charge is 1.94. The predicted molar refractivity (Wildman–Crippen MR) is 45.9 cm³/mol. The van der Waals surface area contributed by atoms with E-state index in [-0.39, 0.29) is 5.78 Å². The molecule has 0 bridgehead atoms. The van der Waals surface area contributed by atoms with Gasteiger partial charge in [0.25, 0.3) is 0 Å². The Bertz CT molecular complexity index is 152. The summed E-state index contributed by atoms with van der Waals surface area (Å²) < 4.78 is 0. The molecule has 0 saturated heterocycles. The van der Waals surface area contributed by atoms with Crippen molar-refractivity contribution < 1.29 is 4.79 Å². The smallest absolute Gasteiger partial charge is 0.206 e. The van der Waals surface area contributed by atoms with Crippen LogP contribution in [0.15, 0.2) is 0 Å². The number of ketones is 1. The van der Waals surface area contributed by atoms with Crippen LogP contribution in [0.2, 0.25) is 0 Å². The molecule has 10 heavy (non-hydrogen) atoms. The number of carbonyl (C=O) groups is 1. The van der Waals surface area contributed by atoms with Gasteiger partial charge in [0.15, 0.2) is 0 Å². The first-order valence-electron chi connectivity index (χ1n) is 3.45. The summed E-state index contributed by atoms with van der Waals surface area (Å²) in [4.78, 5) is 13.1. The van der Waals surface area contributed by atoms with Crippen LogP contribution in [0.5, 0.6) is 0 Å². The van der Waals surface area contributed by atoms with Crippen LogP contribution in [0.1, 0.15) is 32.6 Å². The summed E-state index contributed by atoms with van der Waals surface area (Å²) in [6.45, 7) is 2.11. The van der Waals surface area contributed by atoms with Crippen LogP contribution in [-0.2, 0) is 4.79 Å². The fourth-order valence-corrected chi connectivity index (χ4v) is 0.872. The number of halogens is 1. The Kier molecular flexibility index (Phi) is 6.63. The van der Waals surface area contributed by atoms with Gasteiger partial charge in [-0.1, -0.05) is 19.8 Å². The molecule has 0 aromatic rings. The van der Waals surface area contributed by atoms with Crippen molar-refractivity contribution in [2.45, 2.75) is 32.6 Å². The summed E-state index contributed by atoms with van der Waals surface area (Å²) in [5.74, 6) is 2.46. The van der Waals surface area contributed by atoms with Crippen LogP contribution in [0.3, 0.4) is 0 Å². The summed E-state index contributed by atoms with van der Waals surface area (Å²) >= 11 is 2.88. The molecule has 0 aliphatic rings. The van der Waals surface area contributed by atoms with E-state index in [2.05, 4.69) is 33.6 Å². The van der Waals surface area contributed by atoms with E-state index < -0.39 is 0 Å². The fraction of sp³-hybridized carbons (Fsp3) is 0.625. The monoisotopic (exact) mass is 202 g/mol. The maximum Gasteiger partial charge on any atom is 0.206 e. The highest BCUT2D eigenvalue weighted by Crippen LogP contribution is 1.98. The van der Waals surface area contributed by atoms with Crippen LogP contribution in [0, 0.1) is 10.8 Å². The maximum absolute atomic E-state index is 10.7. The number of hydrogen-bond acceptors (Lipinski definition) is 1. The molecule has 0 amide bonds. The molecule has 0 aromatic carbocycles. The van der Waals surface area contributed by atoms with E-state index >= 15 is 0 Å². The van der Waals surface area contributed by atoms with E-state index in [1.807, 2.05) is 0 Å². The Morgan fingerprint density at radius 1 is 1.50 bits per heavy atom. The number of carbonyl (C=O) groups excluding carboxylic acids is 1. The largest absolute Gasteiger partial charge is 0.285 e. The van der Waals surface area contributed by atoms with Crippen LogP contribution >= 0.6 is 15.9 Å². The Morgan fingerprint density at radius 2 is 2.20 bits per heavy atom. The third kappa shape index (κ3) is 5.84. The number of rotatable bonds is 4. The molecule has 0 saturated carbocycles. The van der Waals surface area contributed by atoms with Gasteiger partial charge in [0, 0.05) is 22.4 Å². The molecule has 0 aromatic heterocycles. The predicted octanol–water partition coefficient (Wildman–Crippen LogP) is 2.49. The summed E-state index contributed by atoms with van der Waals surface area (Å²) in [5.41, 5.74) is 0. The van der Waals surface area contributed by atoms with Crippen LogP contribution in [0.25, 0.3) is 0 Å². The van der Waals surface area contributed by atoms with Crippen molar-refractivity contribution in [3.63, 3.8) is 0 Å². The van der Waals surface area contributed by atoms with E-state index in [1.54, 1.807) is 0 Å². The van der Waals surface area contributed by atoms with Crippen molar-refractivity contribution in [3.8, 4) is 10.8 Å². The molecule has 0 fully saturated rings. The summed E-state index contributed by atoms with van der Waals surface area (Å²) in [6, 6.07) is 0. The van der Waals surface area contributed by atoms with Gasteiger partial charge in [-0.3, -0.25) is 4.79 Å². The first kappa shape index (κ1) is 9.71. The second-order valence-corrected chi connectivity index (χ2v) is 2.50. The van der Waals surface area contributed by atoms with E-state index in [1.165, 1.54) is 0 Å². The van der Waals surface area contributed by atoms with Gasteiger partial charge in [0.2, 0.25) is 5.78 Å². The minimum absolute atomic E-state index is 0.0327. The number of unbranched alkanes of at least 4 members (excludes halogenated alkanes) is 2. The molecule has 2 heteroatoms. The third-order valence-electron chi connectivity index (χ3n) is 1.19. The molecular formula is C8H11BrO. The Balaban J connectivity index is 3.28. The normalized spacial score (nSPS) is 8.20. The SMILES string of the molecule is CCCCCC(=O)C#CBr. The van der Waals surface area contributed by atoms with Gasteiger partial charge in [0.1, 0.15) is 0 Å². The zero-order chi connectivity index (χ0) is 7.82. The molecule has 0 spiro atoms. The third-order valence-corrected chi connectivity index (χ3v) is 1.39. The Morgan fingerprint density at radius 3 is 2.70 bits per heavy atom. The molecule has 0 aliphatic carbocycles. The van der Waals surface area contributed by atoms with Gasteiger partial charge in [-0.2, -0.15) is 0 Å². The first-order valence-corrected chi connectivity index (χ1v) is 4.25. The molecule has 0 rings (SSSR count). The highest BCUT2D eigenvalue weighted by molar-refractivity contribution is 9.12. The van der Waals surface area contributed by atoms with Crippen molar-refractivity contribution >= 4 is 21.7 Å². The minimum atomic E-state index is 0.0327. The van der Waals surface area contributed by atoms with E-state index in [0.717, 1.165) is 19.3 Å². The van der Waals surface area contributed by atoms with Crippen molar-refractivity contribution in [3.05, 3.63) is 0 Å². The first-order chi connectivity index (χ1) is 4.81. The number of Topliss-reactive ketones (excluding diaryl/α,β-unsaturated/α-hetero) is 1. The molecule has 0 heterocycles. The van der Waals surface area contributed by atoms with Gasteiger partial charge < -0.3 is 0 Å².